The standard InChI is InChI=1S/C25H28N2O4/c1-25(2,3)19-13-21-22(17-7-5-6-8-20(17)31-21)18(23(19)28)14-26-27-24(29)15-9-11-16(30-4)12-10-15/h9-14,28H,5-8H2,1-4H3,(H,27,29). The van der Waals surface area contributed by atoms with Crippen LogP contribution in [0.5, 0.6) is 11.5 Å². The zero-order valence-corrected chi connectivity index (χ0v) is 18.4. The Kier molecular flexibility index (Phi) is 5.48. The van der Waals surface area contributed by atoms with E-state index in [1.807, 2.05) is 26.8 Å². The summed E-state index contributed by atoms with van der Waals surface area (Å²) >= 11 is 0. The van der Waals surface area contributed by atoms with E-state index >= 15 is 0 Å². The lowest BCUT2D eigenvalue weighted by Crippen LogP contribution is -2.17. The number of benzene rings is 2. The number of methoxy groups -OCH3 is 1. The van der Waals surface area contributed by atoms with E-state index in [2.05, 4.69) is 10.5 Å². The van der Waals surface area contributed by atoms with Gasteiger partial charge >= 0.3 is 0 Å². The summed E-state index contributed by atoms with van der Waals surface area (Å²) < 4.78 is 11.3. The fourth-order valence-electron chi connectivity index (χ4n) is 4.11. The Bertz CT molecular complexity index is 1150. The molecule has 3 aromatic rings. The monoisotopic (exact) mass is 420 g/mol. The third-order valence-electron chi connectivity index (χ3n) is 5.77. The van der Waals surface area contributed by atoms with Crippen LogP contribution in [0.15, 0.2) is 39.9 Å². The molecular weight excluding hydrogens is 392 g/mol. The third-order valence-corrected chi connectivity index (χ3v) is 5.77. The van der Waals surface area contributed by atoms with Crippen molar-refractivity contribution in [2.45, 2.75) is 51.9 Å². The van der Waals surface area contributed by atoms with Crippen LogP contribution in [0.25, 0.3) is 11.0 Å². The number of hydrazone groups is 1. The van der Waals surface area contributed by atoms with Crippen LogP contribution in [0, 0.1) is 0 Å². The van der Waals surface area contributed by atoms with Gasteiger partial charge in [-0.15, -0.1) is 0 Å². The molecule has 31 heavy (non-hydrogen) atoms. The molecular formula is C25H28N2O4. The van der Waals surface area contributed by atoms with Gasteiger partial charge in [-0.05, 0) is 55.0 Å². The number of furan rings is 1. The van der Waals surface area contributed by atoms with Gasteiger partial charge in [0.2, 0.25) is 0 Å². The molecule has 2 aromatic carbocycles. The second-order valence-electron chi connectivity index (χ2n) is 8.95. The molecule has 162 valence electrons. The summed E-state index contributed by atoms with van der Waals surface area (Å²) in [7, 11) is 1.58. The van der Waals surface area contributed by atoms with Crippen molar-refractivity contribution in [3.05, 3.63) is 58.3 Å². The predicted octanol–water partition coefficient (Wildman–Crippen LogP) is 5.09. The second-order valence-corrected chi connectivity index (χ2v) is 8.95. The number of aromatic hydroxyl groups is 1. The zero-order valence-electron chi connectivity index (χ0n) is 18.4. The van der Waals surface area contributed by atoms with Gasteiger partial charge in [0, 0.05) is 34.1 Å². The van der Waals surface area contributed by atoms with E-state index in [0.717, 1.165) is 53.5 Å². The Morgan fingerprint density at radius 2 is 1.90 bits per heavy atom. The number of carbonyl (C=O) groups is 1. The highest BCUT2D eigenvalue weighted by Crippen LogP contribution is 2.42. The van der Waals surface area contributed by atoms with Gasteiger partial charge in [0.05, 0.1) is 13.3 Å². The van der Waals surface area contributed by atoms with E-state index in [-0.39, 0.29) is 17.1 Å². The van der Waals surface area contributed by atoms with Crippen LogP contribution in [0.3, 0.4) is 0 Å². The topological polar surface area (TPSA) is 84.1 Å². The quantitative estimate of drug-likeness (QED) is 0.455. The first-order valence-electron chi connectivity index (χ1n) is 10.6. The molecule has 0 aliphatic heterocycles. The largest absolute Gasteiger partial charge is 0.507 e. The van der Waals surface area contributed by atoms with Gasteiger partial charge < -0.3 is 14.3 Å². The third kappa shape index (κ3) is 4.02. The first kappa shape index (κ1) is 21.0. The summed E-state index contributed by atoms with van der Waals surface area (Å²) in [5, 5.41) is 16.2. The van der Waals surface area contributed by atoms with Crippen molar-refractivity contribution in [2.24, 2.45) is 5.10 Å². The molecule has 0 unspecified atom stereocenters. The number of phenolic OH excluding ortho intramolecular Hbond substituents is 1. The lowest BCUT2D eigenvalue weighted by molar-refractivity contribution is 0.0955. The van der Waals surface area contributed by atoms with E-state index in [1.54, 1.807) is 31.4 Å². The number of ether oxygens (including phenoxy) is 1. The van der Waals surface area contributed by atoms with Crippen LogP contribution in [-0.2, 0) is 18.3 Å². The van der Waals surface area contributed by atoms with Crippen molar-refractivity contribution in [3.8, 4) is 11.5 Å². The predicted molar refractivity (Wildman–Crippen MR) is 121 cm³/mol. The molecule has 1 aromatic heterocycles. The second kappa shape index (κ2) is 8.10. The minimum Gasteiger partial charge on any atom is -0.507 e. The maximum absolute atomic E-state index is 12.4. The highest BCUT2D eigenvalue weighted by molar-refractivity contribution is 6.04. The van der Waals surface area contributed by atoms with Crippen molar-refractivity contribution in [1.82, 2.24) is 5.43 Å². The molecule has 0 saturated heterocycles. The van der Waals surface area contributed by atoms with Crippen molar-refractivity contribution in [2.75, 3.05) is 7.11 Å². The number of hydrogen-bond acceptors (Lipinski definition) is 5. The Balaban J connectivity index is 1.71. The van der Waals surface area contributed by atoms with Crippen molar-refractivity contribution < 1.29 is 19.1 Å². The molecule has 1 aliphatic rings. The first-order chi connectivity index (χ1) is 14.8. The number of aryl methyl sites for hydroxylation is 2. The minimum atomic E-state index is -0.337. The van der Waals surface area contributed by atoms with E-state index in [9.17, 15) is 9.90 Å². The molecule has 1 amide bonds. The fraction of sp³-hybridized carbons (Fsp3) is 0.360. The van der Waals surface area contributed by atoms with Crippen molar-refractivity contribution in [1.29, 1.82) is 0 Å². The van der Waals surface area contributed by atoms with Gasteiger partial charge in [0.25, 0.3) is 5.91 Å². The van der Waals surface area contributed by atoms with E-state index in [4.69, 9.17) is 9.15 Å². The average Bonchev–Trinajstić information content (AvgIpc) is 3.12. The van der Waals surface area contributed by atoms with Crippen molar-refractivity contribution in [3.63, 3.8) is 0 Å². The number of hydrogen-bond donors (Lipinski definition) is 2. The number of nitrogens with one attached hydrogen (secondary N) is 1. The lowest BCUT2D eigenvalue weighted by Gasteiger charge is -2.21. The van der Waals surface area contributed by atoms with Crippen LogP contribution in [0.4, 0.5) is 0 Å². The molecule has 6 heteroatoms. The van der Waals surface area contributed by atoms with Gasteiger partial charge in [-0.2, -0.15) is 5.10 Å². The van der Waals surface area contributed by atoms with E-state index in [0.29, 0.717) is 16.9 Å². The summed E-state index contributed by atoms with van der Waals surface area (Å²) in [5.74, 6) is 1.51. The van der Waals surface area contributed by atoms with Crippen molar-refractivity contribution >= 4 is 23.1 Å². The molecule has 0 atom stereocenters. The Morgan fingerprint density at radius 1 is 1.19 bits per heavy atom. The summed E-state index contributed by atoms with van der Waals surface area (Å²) in [4.78, 5) is 12.4. The molecule has 0 bridgehead atoms. The van der Waals surface area contributed by atoms with Gasteiger partial charge in [0.15, 0.2) is 0 Å². The number of phenols is 1. The molecule has 1 heterocycles. The number of nitrogens with zero attached hydrogens (tertiary/aromatic N) is 1. The van der Waals surface area contributed by atoms with Crippen LogP contribution in [0.2, 0.25) is 0 Å². The van der Waals surface area contributed by atoms with Crippen LogP contribution in [0.1, 0.15) is 66.4 Å². The average molecular weight is 421 g/mol. The Labute approximate surface area is 181 Å². The highest BCUT2D eigenvalue weighted by atomic mass is 16.5. The van der Waals surface area contributed by atoms with E-state index < -0.39 is 0 Å². The molecule has 0 saturated carbocycles. The molecule has 4 rings (SSSR count). The molecule has 2 N–H and O–H groups in total. The lowest BCUT2D eigenvalue weighted by atomic mass is 9.83. The Hall–Kier alpha value is -3.28. The summed E-state index contributed by atoms with van der Waals surface area (Å²) in [6.45, 7) is 6.13. The number of carbonyl (C=O) groups excluding carboxylic acids is 1. The van der Waals surface area contributed by atoms with Crippen LogP contribution >= 0.6 is 0 Å². The maximum atomic E-state index is 12.4. The maximum Gasteiger partial charge on any atom is 0.271 e. The molecule has 0 spiro atoms. The van der Waals surface area contributed by atoms with Gasteiger partial charge in [-0.25, -0.2) is 5.43 Å². The molecule has 6 nitrogen and oxygen atoms in total. The number of fused-ring (bicyclic) bond motifs is 3. The summed E-state index contributed by atoms with van der Waals surface area (Å²) in [5.41, 5.74) is 6.02. The zero-order chi connectivity index (χ0) is 22.2. The van der Waals surface area contributed by atoms with Gasteiger partial charge in [-0.1, -0.05) is 20.8 Å². The van der Waals surface area contributed by atoms with Gasteiger partial charge in [-0.3, -0.25) is 4.79 Å². The molecule has 1 aliphatic carbocycles. The SMILES string of the molecule is COc1ccc(C(=O)NN=Cc2c(O)c(C(C)(C)C)cc3oc4c(c23)CCCC4)cc1. The molecule has 0 fully saturated rings. The normalized spacial score (nSPS) is 14.1. The summed E-state index contributed by atoms with van der Waals surface area (Å²) in [6, 6.07) is 8.73. The number of rotatable bonds is 4. The highest BCUT2D eigenvalue weighted by Gasteiger charge is 2.27. The fourth-order valence-corrected chi connectivity index (χ4v) is 4.11. The summed E-state index contributed by atoms with van der Waals surface area (Å²) in [6.07, 6.45) is 5.54. The van der Waals surface area contributed by atoms with Crippen LogP contribution < -0.4 is 10.2 Å². The smallest absolute Gasteiger partial charge is 0.271 e. The molecule has 0 radical (unpaired) electrons. The van der Waals surface area contributed by atoms with Crippen LogP contribution in [-0.4, -0.2) is 24.3 Å². The minimum absolute atomic E-state index is 0.177. The first-order valence-corrected chi connectivity index (χ1v) is 10.6. The number of amides is 1. The van der Waals surface area contributed by atoms with Gasteiger partial charge in [0.1, 0.15) is 22.8 Å². The Morgan fingerprint density at radius 3 is 2.58 bits per heavy atom. The van der Waals surface area contributed by atoms with E-state index in [1.165, 1.54) is 6.21 Å².